The van der Waals surface area contributed by atoms with E-state index in [0.717, 1.165) is 5.56 Å². The molecule has 0 saturated carbocycles. The van der Waals surface area contributed by atoms with Crippen molar-refractivity contribution in [3.8, 4) is 11.5 Å². The molecule has 3 rings (SSSR count). The third-order valence-corrected chi connectivity index (χ3v) is 3.61. The van der Waals surface area contributed by atoms with Crippen LogP contribution in [-0.2, 0) is 13.6 Å². The number of nitrogens with zero attached hydrogens (tertiary/aromatic N) is 3. The van der Waals surface area contributed by atoms with Gasteiger partial charge in [0.2, 0.25) is 0 Å². The molecule has 5 heteroatoms. The van der Waals surface area contributed by atoms with E-state index in [0.29, 0.717) is 23.6 Å². The van der Waals surface area contributed by atoms with Crippen molar-refractivity contribution in [1.29, 1.82) is 0 Å². The molecule has 3 aromatic rings. The number of ether oxygens (including phenoxy) is 1. The zero-order valence-electron chi connectivity index (χ0n) is 13.7. The Morgan fingerprint density at radius 1 is 1.12 bits per heavy atom. The fourth-order valence-corrected chi connectivity index (χ4v) is 2.45. The topological polar surface area (TPSA) is 47.4 Å². The van der Waals surface area contributed by atoms with Gasteiger partial charge in [-0.1, -0.05) is 30.3 Å². The first-order valence-electron chi connectivity index (χ1n) is 7.68. The SMILES string of the molecule is CN(Cc1cnn(C)c1)C(=O)c1ccccc1Oc1ccccc1. The summed E-state index contributed by atoms with van der Waals surface area (Å²) in [5.74, 6) is 1.16. The highest BCUT2D eigenvalue weighted by molar-refractivity contribution is 5.96. The van der Waals surface area contributed by atoms with Crippen molar-refractivity contribution < 1.29 is 9.53 Å². The smallest absolute Gasteiger partial charge is 0.257 e. The van der Waals surface area contributed by atoms with E-state index >= 15 is 0 Å². The van der Waals surface area contributed by atoms with E-state index < -0.39 is 0 Å². The maximum absolute atomic E-state index is 12.8. The van der Waals surface area contributed by atoms with Gasteiger partial charge in [-0.3, -0.25) is 9.48 Å². The summed E-state index contributed by atoms with van der Waals surface area (Å²) in [4.78, 5) is 14.4. The number of para-hydroxylation sites is 2. The Morgan fingerprint density at radius 3 is 2.54 bits per heavy atom. The highest BCUT2D eigenvalue weighted by Crippen LogP contribution is 2.26. The van der Waals surface area contributed by atoms with Crippen LogP contribution >= 0.6 is 0 Å². The van der Waals surface area contributed by atoms with Crippen LogP contribution < -0.4 is 4.74 Å². The molecule has 0 unspecified atom stereocenters. The van der Waals surface area contributed by atoms with E-state index in [1.807, 2.05) is 55.7 Å². The predicted molar refractivity (Wildman–Crippen MR) is 92.0 cm³/mol. The monoisotopic (exact) mass is 321 g/mol. The molecule has 5 nitrogen and oxygen atoms in total. The summed E-state index contributed by atoms with van der Waals surface area (Å²) in [6.45, 7) is 0.492. The highest BCUT2D eigenvalue weighted by atomic mass is 16.5. The van der Waals surface area contributed by atoms with Crippen LogP contribution in [0.5, 0.6) is 11.5 Å². The minimum Gasteiger partial charge on any atom is -0.457 e. The molecule has 0 fully saturated rings. The van der Waals surface area contributed by atoms with E-state index in [2.05, 4.69) is 5.10 Å². The molecule has 0 atom stereocenters. The van der Waals surface area contributed by atoms with Crippen LogP contribution in [0.3, 0.4) is 0 Å². The van der Waals surface area contributed by atoms with Gasteiger partial charge in [-0.05, 0) is 24.3 Å². The third-order valence-electron chi connectivity index (χ3n) is 3.61. The number of carbonyl (C=O) groups excluding carboxylic acids is 1. The highest BCUT2D eigenvalue weighted by Gasteiger charge is 2.17. The molecule has 24 heavy (non-hydrogen) atoms. The normalized spacial score (nSPS) is 10.4. The Morgan fingerprint density at radius 2 is 1.83 bits per heavy atom. The zero-order valence-corrected chi connectivity index (χ0v) is 13.7. The number of aryl methyl sites for hydroxylation is 1. The first kappa shape index (κ1) is 15.8. The fraction of sp³-hybridized carbons (Fsp3) is 0.158. The fourth-order valence-electron chi connectivity index (χ4n) is 2.45. The quantitative estimate of drug-likeness (QED) is 0.723. The van der Waals surface area contributed by atoms with Gasteiger partial charge in [-0.2, -0.15) is 5.10 Å². The minimum atomic E-state index is -0.0922. The maximum Gasteiger partial charge on any atom is 0.257 e. The van der Waals surface area contributed by atoms with Crippen molar-refractivity contribution >= 4 is 5.91 Å². The summed E-state index contributed by atoms with van der Waals surface area (Å²) in [7, 11) is 3.63. The van der Waals surface area contributed by atoms with Crippen molar-refractivity contribution in [3.63, 3.8) is 0 Å². The van der Waals surface area contributed by atoms with Gasteiger partial charge in [0.15, 0.2) is 0 Å². The van der Waals surface area contributed by atoms with Crippen LogP contribution in [0, 0.1) is 0 Å². The molecule has 0 bridgehead atoms. The molecule has 1 aromatic heterocycles. The molecule has 0 aliphatic heterocycles. The van der Waals surface area contributed by atoms with Gasteiger partial charge < -0.3 is 9.64 Å². The van der Waals surface area contributed by atoms with Crippen molar-refractivity contribution in [3.05, 3.63) is 78.1 Å². The Balaban J connectivity index is 1.79. The largest absolute Gasteiger partial charge is 0.457 e. The van der Waals surface area contributed by atoms with Crippen LogP contribution in [0.25, 0.3) is 0 Å². The Kier molecular flexibility index (Phi) is 4.61. The standard InChI is InChI=1S/C19H19N3O2/c1-21(13-15-12-20-22(2)14-15)19(23)17-10-6-7-11-18(17)24-16-8-4-3-5-9-16/h3-12,14H,13H2,1-2H3. The first-order valence-corrected chi connectivity index (χ1v) is 7.68. The third kappa shape index (κ3) is 3.63. The van der Waals surface area contributed by atoms with Crippen LogP contribution in [-0.4, -0.2) is 27.6 Å². The number of rotatable bonds is 5. The number of hydrogen-bond acceptors (Lipinski definition) is 3. The summed E-state index contributed by atoms with van der Waals surface area (Å²) >= 11 is 0. The molecule has 2 aromatic carbocycles. The summed E-state index contributed by atoms with van der Waals surface area (Å²) in [6, 6.07) is 16.7. The van der Waals surface area contributed by atoms with Crippen molar-refractivity contribution in [1.82, 2.24) is 14.7 Å². The summed E-state index contributed by atoms with van der Waals surface area (Å²) in [6.07, 6.45) is 3.66. The number of aromatic nitrogens is 2. The van der Waals surface area contributed by atoms with Crippen molar-refractivity contribution in [2.45, 2.75) is 6.54 Å². The van der Waals surface area contributed by atoms with Gasteiger partial charge in [0.05, 0.1) is 11.8 Å². The molecular weight excluding hydrogens is 302 g/mol. The van der Waals surface area contributed by atoms with Gasteiger partial charge in [-0.25, -0.2) is 0 Å². The second-order valence-corrected chi connectivity index (χ2v) is 5.59. The Bertz CT molecular complexity index is 827. The number of benzene rings is 2. The Labute approximate surface area is 141 Å². The zero-order chi connectivity index (χ0) is 16.9. The molecule has 0 spiro atoms. The van der Waals surface area contributed by atoms with E-state index in [4.69, 9.17) is 4.74 Å². The average molecular weight is 321 g/mol. The molecule has 122 valence electrons. The lowest BCUT2D eigenvalue weighted by Gasteiger charge is -2.18. The van der Waals surface area contributed by atoms with Gasteiger partial charge in [-0.15, -0.1) is 0 Å². The first-order chi connectivity index (χ1) is 11.6. The van der Waals surface area contributed by atoms with Gasteiger partial charge in [0.1, 0.15) is 11.5 Å². The summed E-state index contributed by atoms with van der Waals surface area (Å²) in [5.41, 5.74) is 1.52. The van der Waals surface area contributed by atoms with E-state index in [1.165, 1.54) is 0 Å². The summed E-state index contributed by atoms with van der Waals surface area (Å²) in [5, 5.41) is 4.13. The van der Waals surface area contributed by atoms with Crippen LogP contribution in [0.4, 0.5) is 0 Å². The van der Waals surface area contributed by atoms with Crippen molar-refractivity contribution in [2.24, 2.45) is 7.05 Å². The molecule has 0 aliphatic carbocycles. The van der Waals surface area contributed by atoms with Gasteiger partial charge in [0.25, 0.3) is 5.91 Å². The molecule has 0 aliphatic rings. The minimum absolute atomic E-state index is 0.0922. The van der Waals surface area contributed by atoms with Crippen LogP contribution in [0.2, 0.25) is 0 Å². The molecule has 0 saturated heterocycles. The van der Waals surface area contributed by atoms with Gasteiger partial charge in [0, 0.05) is 32.4 Å². The maximum atomic E-state index is 12.8. The lowest BCUT2D eigenvalue weighted by molar-refractivity contribution is 0.0782. The second-order valence-electron chi connectivity index (χ2n) is 5.59. The van der Waals surface area contributed by atoms with E-state index in [-0.39, 0.29) is 5.91 Å². The lowest BCUT2D eigenvalue weighted by atomic mass is 10.1. The second kappa shape index (κ2) is 7.00. The number of carbonyl (C=O) groups is 1. The molecule has 1 amide bonds. The molecule has 0 radical (unpaired) electrons. The molecular formula is C19H19N3O2. The Hall–Kier alpha value is -3.08. The predicted octanol–water partition coefficient (Wildman–Crippen LogP) is 3.48. The average Bonchev–Trinajstić information content (AvgIpc) is 3.00. The number of amides is 1. The van der Waals surface area contributed by atoms with Gasteiger partial charge >= 0.3 is 0 Å². The molecule has 0 N–H and O–H groups in total. The van der Waals surface area contributed by atoms with E-state index in [1.54, 1.807) is 35.0 Å². The number of hydrogen-bond donors (Lipinski definition) is 0. The van der Waals surface area contributed by atoms with Crippen molar-refractivity contribution in [2.75, 3.05) is 7.05 Å². The van der Waals surface area contributed by atoms with Crippen LogP contribution in [0.15, 0.2) is 67.0 Å². The lowest BCUT2D eigenvalue weighted by Crippen LogP contribution is -2.26. The van der Waals surface area contributed by atoms with E-state index in [9.17, 15) is 4.79 Å². The van der Waals surface area contributed by atoms with Crippen LogP contribution in [0.1, 0.15) is 15.9 Å². The molecule has 1 heterocycles. The summed E-state index contributed by atoms with van der Waals surface area (Å²) < 4.78 is 7.59.